The van der Waals surface area contributed by atoms with Crippen molar-refractivity contribution in [1.82, 2.24) is 15.6 Å². The Balaban J connectivity index is 1.79. The number of rotatable bonds is 8. The maximum absolute atomic E-state index is 11.7. The highest BCUT2D eigenvalue weighted by molar-refractivity contribution is 7.09. The van der Waals surface area contributed by atoms with Crippen LogP contribution in [0, 0.1) is 6.92 Å². The summed E-state index contributed by atoms with van der Waals surface area (Å²) in [6, 6.07) is 7.85. The summed E-state index contributed by atoms with van der Waals surface area (Å²) in [7, 11) is 1.75. The minimum atomic E-state index is 0.0485. The number of carbonyl (C=O) groups excluding carboxylic acids is 1. The Morgan fingerprint density at radius 3 is 2.85 bits per heavy atom. The smallest absolute Gasteiger partial charge is 0.224 e. The standard InChI is InChI=1S/C19H27N5OS/c1-4-6-18(25)24-16-8-5-7-15(11-16)12-22-19(20-3)21-10-9-17-13-26-14(2)23-17/h5,7-8,11,13H,4,6,9-10,12H2,1-3H3,(H,24,25)(H2,20,21,22). The molecule has 0 fully saturated rings. The van der Waals surface area contributed by atoms with Crippen LogP contribution in [0.1, 0.15) is 36.0 Å². The lowest BCUT2D eigenvalue weighted by Crippen LogP contribution is -2.37. The summed E-state index contributed by atoms with van der Waals surface area (Å²) in [5.41, 5.74) is 3.01. The van der Waals surface area contributed by atoms with Gasteiger partial charge in [-0.05, 0) is 31.0 Å². The first kappa shape index (κ1) is 19.9. The molecular weight excluding hydrogens is 346 g/mol. The summed E-state index contributed by atoms with van der Waals surface area (Å²) >= 11 is 1.67. The van der Waals surface area contributed by atoms with E-state index in [1.165, 1.54) is 0 Å². The van der Waals surface area contributed by atoms with Gasteiger partial charge in [0.25, 0.3) is 0 Å². The third-order valence-electron chi connectivity index (χ3n) is 3.71. The van der Waals surface area contributed by atoms with Crippen LogP contribution in [0.3, 0.4) is 0 Å². The van der Waals surface area contributed by atoms with Crippen LogP contribution in [0.25, 0.3) is 0 Å². The van der Waals surface area contributed by atoms with Crippen LogP contribution in [0.5, 0.6) is 0 Å². The van der Waals surface area contributed by atoms with Crippen molar-refractivity contribution in [2.75, 3.05) is 18.9 Å². The molecule has 7 heteroatoms. The minimum Gasteiger partial charge on any atom is -0.356 e. The average Bonchev–Trinajstić information content (AvgIpc) is 3.03. The molecule has 1 aromatic carbocycles. The van der Waals surface area contributed by atoms with Gasteiger partial charge in [-0.1, -0.05) is 19.1 Å². The zero-order valence-electron chi connectivity index (χ0n) is 15.6. The normalized spacial score (nSPS) is 11.3. The number of aromatic nitrogens is 1. The van der Waals surface area contributed by atoms with Gasteiger partial charge in [0.15, 0.2) is 5.96 Å². The molecule has 140 valence electrons. The second-order valence-electron chi connectivity index (χ2n) is 5.96. The Morgan fingerprint density at radius 2 is 2.15 bits per heavy atom. The Kier molecular flexibility index (Phi) is 8.08. The zero-order chi connectivity index (χ0) is 18.8. The van der Waals surface area contributed by atoms with E-state index < -0.39 is 0 Å². The van der Waals surface area contributed by atoms with E-state index in [-0.39, 0.29) is 5.91 Å². The number of benzene rings is 1. The minimum absolute atomic E-state index is 0.0485. The monoisotopic (exact) mass is 373 g/mol. The van der Waals surface area contributed by atoms with Crippen molar-refractivity contribution in [1.29, 1.82) is 0 Å². The molecule has 0 aliphatic carbocycles. The third kappa shape index (κ3) is 6.84. The molecule has 0 aliphatic heterocycles. The van der Waals surface area contributed by atoms with Gasteiger partial charge in [0, 0.05) is 44.0 Å². The Morgan fingerprint density at radius 1 is 1.31 bits per heavy atom. The molecular formula is C19H27N5OS. The van der Waals surface area contributed by atoms with Crippen molar-refractivity contribution < 1.29 is 4.79 Å². The summed E-state index contributed by atoms with van der Waals surface area (Å²) in [6.45, 7) is 5.41. The number of amides is 1. The van der Waals surface area contributed by atoms with Crippen LogP contribution in [0.4, 0.5) is 5.69 Å². The lowest BCUT2D eigenvalue weighted by Gasteiger charge is -2.12. The van der Waals surface area contributed by atoms with Gasteiger partial charge in [-0.2, -0.15) is 0 Å². The molecule has 1 amide bonds. The summed E-state index contributed by atoms with van der Waals surface area (Å²) in [6.07, 6.45) is 2.25. The van der Waals surface area contributed by atoms with Crippen LogP contribution >= 0.6 is 11.3 Å². The fraction of sp³-hybridized carbons (Fsp3) is 0.421. The van der Waals surface area contributed by atoms with Crippen molar-refractivity contribution in [2.24, 2.45) is 4.99 Å². The lowest BCUT2D eigenvalue weighted by atomic mass is 10.2. The van der Waals surface area contributed by atoms with Crippen molar-refractivity contribution in [3.8, 4) is 0 Å². The Labute approximate surface area is 159 Å². The first-order chi connectivity index (χ1) is 12.6. The molecule has 2 aromatic rings. The van der Waals surface area contributed by atoms with Gasteiger partial charge in [-0.25, -0.2) is 4.98 Å². The van der Waals surface area contributed by atoms with Crippen LogP contribution in [0.15, 0.2) is 34.6 Å². The molecule has 0 atom stereocenters. The highest BCUT2D eigenvalue weighted by atomic mass is 32.1. The fourth-order valence-electron chi connectivity index (χ4n) is 2.45. The molecule has 1 heterocycles. The molecule has 0 aliphatic rings. The number of aliphatic imine (C=N–C) groups is 1. The van der Waals surface area contributed by atoms with Gasteiger partial charge in [-0.3, -0.25) is 9.79 Å². The van der Waals surface area contributed by atoms with E-state index in [9.17, 15) is 4.79 Å². The third-order valence-corrected chi connectivity index (χ3v) is 4.53. The van der Waals surface area contributed by atoms with E-state index in [1.807, 2.05) is 38.1 Å². The number of hydrogen-bond acceptors (Lipinski definition) is 4. The number of guanidine groups is 1. The van der Waals surface area contributed by atoms with E-state index in [0.717, 1.165) is 47.3 Å². The summed E-state index contributed by atoms with van der Waals surface area (Å²) in [5.74, 6) is 0.796. The van der Waals surface area contributed by atoms with Crippen LogP contribution in [0.2, 0.25) is 0 Å². The molecule has 3 N–H and O–H groups in total. The van der Waals surface area contributed by atoms with Gasteiger partial charge in [0.2, 0.25) is 5.91 Å². The summed E-state index contributed by atoms with van der Waals surface area (Å²) in [4.78, 5) is 20.4. The SMILES string of the molecule is CCCC(=O)Nc1cccc(CNC(=NC)NCCc2csc(C)n2)c1. The lowest BCUT2D eigenvalue weighted by molar-refractivity contribution is -0.116. The highest BCUT2D eigenvalue weighted by Crippen LogP contribution is 2.11. The topological polar surface area (TPSA) is 78.4 Å². The van der Waals surface area contributed by atoms with Gasteiger partial charge in [0.1, 0.15) is 0 Å². The first-order valence-corrected chi connectivity index (χ1v) is 9.73. The van der Waals surface area contributed by atoms with Gasteiger partial charge >= 0.3 is 0 Å². The van der Waals surface area contributed by atoms with Crippen molar-refractivity contribution in [3.05, 3.63) is 45.9 Å². The number of anilines is 1. The molecule has 2 rings (SSSR count). The van der Waals surface area contributed by atoms with Crippen molar-refractivity contribution in [3.63, 3.8) is 0 Å². The Hall–Kier alpha value is -2.41. The number of thiazole rings is 1. The largest absolute Gasteiger partial charge is 0.356 e. The fourth-order valence-corrected chi connectivity index (χ4v) is 3.10. The van der Waals surface area contributed by atoms with Gasteiger partial charge in [0.05, 0.1) is 10.7 Å². The molecule has 0 spiro atoms. The summed E-state index contributed by atoms with van der Waals surface area (Å²) < 4.78 is 0. The van der Waals surface area contributed by atoms with E-state index in [2.05, 4.69) is 31.3 Å². The predicted molar refractivity (Wildman–Crippen MR) is 109 cm³/mol. The average molecular weight is 374 g/mol. The van der Waals surface area contributed by atoms with E-state index in [0.29, 0.717) is 13.0 Å². The zero-order valence-corrected chi connectivity index (χ0v) is 16.4. The number of carbonyl (C=O) groups is 1. The van der Waals surface area contributed by atoms with E-state index in [4.69, 9.17) is 0 Å². The van der Waals surface area contributed by atoms with Crippen molar-refractivity contribution >= 4 is 28.9 Å². The molecule has 26 heavy (non-hydrogen) atoms. The quantitative estimate of drug-likeness (QED) is 0.491. The van der Waals surface area contributed by atoms with Gasteiger partial charge in [-0.15, -0.1) is 11.3 Å². The highest BCUT2D eigenvalue weighted by Gasteiger charge is 2.03. The molecule has 6 nitrogen and oxygen atoms in total. The molecule has 0 saturated carbocycles. The molecule has 1 aromatic heterocycles. The number of nitrogens with zero attached hydrogens (tertiary/aromatic N) is 2. The van der Waals surface area contributed by atoms with Crippen molar-refractivity contribution in [2.45, 2.75) is 39.7 Å². The van der Waals surface area contributed by atoms with E-state index in [1.54, 1.807) is 18.4 Å². The van der Waals surface area contributed by atoms with Crippen LogP contribution < -0.4 is 16.0 Å². The summed E-state index contributed by atoms with van der Waals surface area (Å²) in [5, 5.41) is 12.7. The van der Waals surface area contributed by atoms with Crippen LogP contribution in [-0.2, 0) is 17.8 Å². The van der Waals surface area contributed by atoms with E-state index >= 15 is 0 Å². The first-order valence-electron chi connectivity index (χ1n) is 8.85. The second-order valence-corrected chi connectivity index (χ2v) is 7.02. The maximum atomic E-state index is 11.7. The molecule has 0 unspecified atom stereocenters. The predicted octanol–water partition coefficient (Wildman–Crippen LogP) is 3.10. The number of hydrogen-bond donors (Lipinski definition) is 3. The molecule has 0 radical (unpaired) electrons. The number of aryl methyl sites for hydroxylation is 1. The maximum Gasteiger partial charge on any atom is 0.224 e. The second kappa shape index (κ2) is 10.6. The Bertz CT molecular complexity index is 741. The molecule has 0 saturated heterocycles. The number of nitrogens with one attached hydrogen (secondary N) is 3. The molecule has 0 bridgehead atoms. The van der Waals surface area contributed by atoms with Crippen LogP contribution in [-0.4, -0.2) is 30.4 Å². The van der Waals surface area contributed by atoms with Gasteiger partial charge < -0.3 is 16.0 Å².